The first-order valence-corrected chi connectivity index (χ1v) is 14.6. The molecule has 0 amide bonds. The maximum atomic E-state index is 2.60. The van der Waals surface area contributed by atoms with Gasteiger partial charge in [0.15, 0.2) is 0 Å². The fraction of sp³-hybridized carbons (Fsp3) is 0.484. The topological polar surface area (TPSA) is 0 Å². The molecule has 3 heteroatoms. The molecule has 0 spiro atoms. The average molecular weight is 575 g/mol. The van der Waals surface area contributed by atoms with Crippen molar-refractivity contribution in [2.24, 2.45) is 5.41 Å². The van der Waals surface area contributed by atoms with Crippen LogP contribution in [-0.2, 0) is 40.5 Å². The first kappa shape index (κ1) is 29.6. The zero-order valence-corrected chi connectivity index (χ0v) is 26.6. The average Bonchev–Trinajstić information content (AvgIpc) is 3.21. The van der Waals surface area contributed by atoms with E-state index in [1.807, 2.05) is 0 Å². The standard InChI is InChI=1S/C21H25.C10H15.2ClH.Zr/c1-20(2,3)16-7-9-18-14(12-16)11-15-13-17(21(4,5)6)8-10-19(15)18;1-8-5-6-9(7-8)10(2,3)4;;;/h7-10,12H,11H2,1-6H3;5-7H,1-4H3;2*1H;/q;;;;+2/p-2. The molecular formula is C31H40Cl2Zr. The van der Waals surface area contributed by atoms with Gasteiger partial charge in [0, 0.05) is 0 Å². The van der Waals surface area contributed by atoms with Crippen LogP contribution in [0.5, 0.6) is 0 Å². The molecular weight excluding hydrogens is 534 g/mol. The smallest absolute Gasteiger partial charge is 1.00 e. The van der Waals surface area contributed by atoms with E-state index in [1.54, 1.807) is 14.4 Å². The monoisotopic (exact) mass is 572 g/mol. The van der Waals surface area contributed by atoms with Crippen LogP contribution in [-0.4, -0.2) is 0 Å². The van der Waals surface area contributed by atoms with Gasteiger partial charge >= 0.3 is 209 Å². The predicted molar refractivity (Wildman–Crippen MR) is 137 cm³/mol. The molecule has 2 aromatic rings. The SMILES string of the molecule is C[C]1([Zr+2][c]2c(C(C)(C)C)ccc3c2Cc2cc(C(C)(C)C)ccc2-3)C=CC(C(C)(C)C)=C1.[Cl-].[Cl-]. The predicted octanol–water partition coefficient (Wildman–Crippen LogP) is 2.29. The van der Waals surface area contributed by atoms with Gasteiger partial charge in [-0.2, -0.15) is 0 Å². The summed E-state index contributed by atoms with van der Waals surface area (Å²) in [6.07, 6.45) is 8.63. The summed E-state index contributed by atoms with van der Waals surface area (Å²) in [6, 6.07) is 12.1. The molecule has 0 saturated heterocycles. The Morgan fingerprint density at radius 1 is 0.765 bits per heavy atom. The van der Waals surface area contributed by atoms with E-state index in [0.717, 1.165) is 6.42 Å². The summed E-state index contributed by atoms with van der Waals surface area (Å²) in [6.45, 7) is 23.6. The van der Waals surface area contributed by atoms with Gasteiger partial charge in [0.05, 0.1) is 0 Å². The Balaban J connectivity index is 0.00000204. The van der Waals surface area contributed by atoms with Gasteiger partial charge in [-0.05, 0) is 0 Å². The van der Waals surface area contributed by atoms with Crippen molar-refractivity contribution in [3.8, 4) is 11.1 Å². The zero-order valence-electron chi connectivity index (χ0n) is 22.6. The van der Waals surface area contributed by atoms with Gasteiger partial charge in [0.2, 0.25) is 0 Å². The summed E-state index contributed by atoms with van der Waals surface area (Å²) in [4.78, 5) is 0. The number of rotatable bonds is 2. The summed E-state index contributed by atoms with van der Waals surface area (Å²) in [5, 5.41) is 0. The Labute approximate surface area is 232 Å². The molecule has 0 nitrogen and oxygen atoms in total. The normalized spacial score (nSPS) is 18.9. The molecule has 2 aliphatic rings. The maximum absolute atomic E-state index is 2.60. The Kier molecular flexibility index (Phi) is 8.44. The summed E-state index contributed by atoms with van der Waals surface area (Å²) in [5.74, 6) is 0. The Morgan fingerprint density at radius 2 is 1.38 bits per heavy atom. The molecule has 0 saturated carbocycles. The molecule has 34 heavy (non-hydrogen) atoms. The van der Waals surface area contributed by atoms with Crippen LogP contribution in [0.4, 0.5) is 0 Å². The molecule has 0 N–H and O–H groups in total. The van der Waals surface area contributed by atoms with Crippen LogP contribution < -0.4 is 28.1 Å². The van der Waals surface area contributed by atoms with Crippen LogP contribution >= 0.6 is 0 Å². The van der Waals surface area contributed by atoms with Crippen molar-refractivity contribution in [3.05, 3.63) is 76.4 Å². The van der Waals surface area contributed by atoms with E-state index < -0.39 is 23.2 Å². The van der Waals surface area contributed by atoms with E-state index >= 15 is 0 Å². The van der Waals surface area contributed by atoms with Crippen LogP contribution in [0.3, 0.4) is 0 Å². The number of fused-ring (bicyclic) bond motifs is 3. The summed E-state index contributed by atoms with van der Waals surface area (Å²) in [7, 11) is 0. The van der Waals surface area contributed by atoms with Crippen LogP contribution in [0, 0.1) is 5.41 Å². The van der Waals surface area contributed by atoms with E-state index in [0.29, 0.717) is 0 Å². The van der Waals surface area contributed by atoms with Crippen molar-refractivity contribution in [1.29, 1.82) is 0 Å². The van der Waals surface area contributed by atoms with Crippen LogP contribution in [0.1, 0.15) is 91.5 Å². The van der Waals surface area contributed by atoms with E-state index in [4.69, 9.17) is 0 Å². The molecule has 182 valence electrons. The van der Waals surface area contributed by atoms with Gasteiger partial charge in [0.1, 0.15) is 0 Å². The molecule has 0 aromatic heterocycles. The van der Waals surface area contributed by atoms with Gasteiger partial charge in [-0.1, -0.05) is 0 Å². The van der Waals surface area contributed by atoms with Crippen LogP contribution in [0.2, 0.25) is 3.12 Å². The molecule has 1 atom stereocenters. The third-order valence-corrected chi connectivity index (χ3v) is 11.2. The van der Waals surface area contributed by atoms with E-state index in [1.165, 1.54) is 27.8 Å². The maximum Gasteiger partial charge on any atom is -1.00 e. The number of benzene rings is 2. The van der Waals surface area contributed by atoms with Gasteiger partial charge in [-0.25, -0.2) is 0 Å². The Hall–Kier alpha value is -0.617. The number of allylic oxidation sites excluding steroid dienone is 4. The van der Waals surface area contributed by atoms with Gasteiger partial charge in [-0.15, -0.1) is 0 Å². The van der Waals surface area contributed by atoms with E-state index in [2.05, 4.69) is 118 Å². The van der Waals surface area contributed by atoms with E-state index in [-0.39, 0.29) is 44.2 Å². The molecule has 1 unspecified atom stereocenters. The van der Waals surface area contributed by atoms with Crippen molar-refractivity contribution in [3.63, 3.8) is 0 Å². The third-order valence-electron chi connectivity index (χ3n) is 7.07. The minimum absolute atomic E-state index is 0. The number of halogens is 2. The van der Waals surface area contributed by atoms with E-state index in [9.17, 15) is 0 Å². The largest absolute Gasteiger partial charge is 1.00 e. The summed E-state index contributed by atoms with van der Waals surface area (Å²) in [5.41, 5.74) is 11.2. The summed E-state index contributed by atoms with van der Waals surface area (Å²) >= 11 is -0.933. The quantitative estimate of drug-likeness (QED) is 0.441. The first-order chi connectivity index (χ1) is 14.6. The van der Waals surface area contributed by atoms with Gasteiger partial charge in [0.25, 0.3) is 0 Å². The molecule has 2 aliphatic carbocycles. The molecule has 0 fully saturated rings. The van der Waals surface area contributed by atoms with Crippen molar-refractivity contribution >= 4 is 3.27 Å². The minimum Gasteiger partial charge on any atom is -1.00 e. The second-order valence-electron chi connectivity index (χ2n) is 13.2. The molecule has 0 heterocycles. The Morgan fingerprint density at radius 3 is 1.91 bits per heavy atom. The molecule has 0 bridgehead atoms. The van der Waals surface area contributed by atoms with Gasteiger partial charge < -0.3 is 24.8 Å². The molecule has 0 aliphatic heterocycles. The van der Waals surface area contributed by atoms with Crippen molar-refractivity contribution < 1.29 is 48.0 Å². The molecule has 2 aromatic carbocycles. The molecule has 0 radical (unpaired) electrons. The minimum atomic E-state index is -0.933. The molecule has 4 rings (SSSR count). The second kappa shape index (κ2) is 9.69. The second-order valence-corrected chi connectivity index (χ2v) is 17.6. The van der Waals surface area contributed by atoms with Crippen LogP contribution in [0.25, 0.3) is 11.1 Å². The third kappa shape index (κ3) is 5.69. The summed E-state index contributed by atoms with van der Waals surface area (Å²) < 4.78 is 1.98. The van der Waals surface area contributed by atoms with Gasteiger partial charge in [-0.3, -0.25) is 0 Å². The fourth-order valence-corrected chi connectivity index (χ4v) is 9.68. The zero-order chi connectivity index (χ0) is 23.7. The number of hydrogen-bond acceptors (Lipinski definition) is 0. The fourth-order valence-electron chi connectivity index (χ4n) is 5.01. The van der Waals surface area contributed by atoms with Crippen molar-refractivity contribution in [2.45, 2.75) is 89.6 Å². The Bertz CT molecular complexity index is 1130. The number of hydrogen-bond donors (Lipinski definition) is 0. The van der Waals surface area contributed by atoms with Crippen LogP contribution in [0.15, 0.2) is 54.1 Å². The van der Waals surface area contributed by atoms with Crippen molar-refractivity contribution in [1.82, 2.24) is 0 Å². The first-order valence-electron chi connectivity index (χ1n) is 12.1. The van der Waals surface area contributed by atoms with Crippen molar-refractivity contribution in [2.75, 3.05) is 0 Å².